The van der Waals surface area contributed by atoms with Gasteiger partial charge in [-0.15, -0.1) is 0 Å². The fourth-order valence-electron chi connectivity index (χ4n) is 2.23. The second-order valence-corrected chi connectivity index (χ2v) is 7.20. The van der Waals surface area contributed by atoms with Crippen molar-refractivity contribution in [3.8, 4) is 0 Å². The summed E-state index contributed by atoms with van der Waals surface area (Å²) in [5, 5.41) is 0.749. The van der Waals surface area contributed by atoms with E-state index in [1.165, 1.54) is 3.97 Å². The molecule has 3 rings (SSSR count). The van der Waals surface area contributed by atoms with E-state index in [2.05, 4.69) is 20.9 Å². The van der Waals surface area contributed by atoms with Gasteiger partial charge in [-0.25, -0.2) is 12.4 Å². The van der Waals surface area contributed by atoms with Crippen LogP contribution in [0, 0.1) is 0 Å². The summed E-state index contributed by atoms with van der Waals surface area (Å²) in [6.45, 7) is 0.129. The number of benzene rings is 1. The molecule has 2 aromatic heterocycles. The first-order chi connectivity index (χ1) is 10.0. The van der Waals surface area contributed by atoms with Gasteiger partial charge in [-0.3, -0.25) is 4.98 Å². The van der Waals surface area contributed by atoms with Crippen molar-refractivity contribution >= 4 is 36.9 Å². The molecule has 1 aromatic carbocycles. The Morgan fingerprint density at radius 1 is 1.19 bits per heavy atom. The lowest BCUT2D eigenvalue weighted by atomic mass is 10.3. The Bertz CT molecular complexity index is 902. The lowest BCUT2D eigenvalue weighted by molar-refractivity contribution is 0.587. The third kappa shape index (κ3) is 2.37. The van der Waals surface area contributed by atoms with E-state index in [4.69, 9.17) is 5.73 Å². The third-order valence-corrected chi connectivity index (χ3v) is 5.50. The van der Waals surface area contributed by atoms with Crippen LogP contribution in [0.5, 0.6) is 0 Å². The van der Waals surface area contributed by atoms with Crippen molar-refractivity contribution in [1.29, 1.82) is 0 Å². The van der Waals surface area contributed by atoms with Gasteiger partial charge in [-0.1, -0.05) is 15.9 Å². The Balaban J connectivity index is 2.30. The average Bonchev–Trinajstić information content (AvgIpc) is 2.87. The summed E-state index contributed by atoms with van der Waals surface area (Å²) in [5.41, 5.74) is 6.81. The molecule has 0 saturated carbocycles. The molecule has 21 heavy (non-hydrogen) atoms. The predicted octanol–water partition coefficient (Wildman–Crippen LogP) is 2.49. The molecule has 0 atom stereocenters. The highest BCUT2D eigenvalue weighted by molar-refractivity contribution is 9.10. The first kappa shape index (κ1) is 14.2. The lowest BCUT2D eigenvalue weighted by Gasteiger charge is -2.11. The van der Waals surface area contributed by atoms with Crippen LogP contribution in [0.25, 0.3) is 10.9 Å². The first-order valence-electron chi connectivity index (χ1n) is 6.19. The van der Waals surface area contributed by atoms with Crippen LogP contribution >= 0.6 is 15.9 Å². The normalized spacial score (nSPS) is 11.9. The molecule has 108 valence electrons. The SMILES string of the molecule is NCc1cc2cnccc2n1S(=O)(=O)c1ccc(Br)cc1. The van der Waals surface area contributed by atoms with Gasteiger partial charge in [0.1, 0.15) is 0 Å². The molecular weight excluding hydrogens is 354 g/mol. The standard InChI is InChI=1S/C14H12BrN3O2S/c15-11-1-3-13(4-2-11)21(19,20)18-12(8-16)7-10-9-17-6-5-14(10)18/h1-7,9H,8,16H2. The minimum absolute atomic E-state index is 0.129. The van der Waals surface area contributed by atoms with Crippen molar-refractivity contribution in [3.05, 3.63) is 59.0 Å². The minimum Gasteiger partial charge on any atom is -0.325 e. The van der Waals surface area contributed by atoms with Crippen LogP contribution in [-0.4, -0.2) is 17.4 Å². The van der Waals surface area contributed by atoms with Crippen molar-refractivity contribution < 1.29 is 8.42 Å². The highest BCUT2D eigenvalue weighted by Gasteiger charge is 2.22. The molecule has 0 radical (unpaired) electrons. The predicted molar refractivity (Wildman–Crippen MR) is 84.4 cm³/mol. The maximum Gasteiger partial charge on any atom is 0.268 e. The molecule has 0 aliphatic rings. The maximum atomic E-state index is 12.9. The molecule has 2 N–H and O–H groups in total. The Hall–Kier alpha value is -1.70. The van der Waals surface area contributed by atoms with Gasteiger partial charge < -0.3 is 5.73 Å². The van der Waals surface area contributed by atoms with Gasteiger partial charge in [0, 0.05) is 34.5 Å². The molecule has 0 fully saturated rings. The topological polar surface area (TPSA) is 78.0 Å². The van der Waals surface area contributed by atoms with Crippen LogP contribution in [0.4, 0.5) is 0 Å². The summed E-state index contributed by atoms with van der Waals surface area (Å²) in [5.74, 6) is 0. The molecule has 7 heteroatoms. The zero-order valence-electron chi connectivity index (χ0n) is 10.9. The van der Waals surface area contributed by atoms with Gasteiger partial charge in [0.05, 0.1) is 10.4 Å². The molecule has 0 bridgehead atoms. The molecule has 0 aliphatic carbocycles. The van der Waals surface area contributed by atoms with E-state index in [0.29, 0.717) is 11.2 Å². The quantitative estimate of drug-likeness (QED) is 0.773. The van der Waals surface area contributed by atoms with E-state index in [-0.39, 0.29) is 11.4 Å². The first-order valence-corrected chi connectivity index (χ1v) is 8.43. The van der Waals surface area contributed by atoms with Crippen molar-refractivity contribution in [2.75, 3.05) is 0 Å². The Morgan fingerprint density at radius 3 is 2.57 bits per heavy atom. The highest BCUT2D eigenvalue weighted by Crippen LogP contribution is 2.25. The number of nitrogens with two attached hydrogens (primary N) is 1. The highest BCUT2D eigenvalue weighted by atomic mass is 79.9. The van der Waals surface area contributed by atoms with E-state index < -0.39 is 10.0 Å². The molecule has 0 aliphatic heterocycles. The van der Waals surface area contributed by atoms with Gasteiger partial charge in [0.2, 0.25) is 0 Å². The van der Waals surface area contributed by atoms with Gasteiger partial charge in [-0.05, 0) is 36.4 Å². The van der Waals surface area contributed by atoms with Crippen LogP contribution in [0.1, 0.15) is 5.69 Å². The second kappa shape index (κ2) is 5.25. The summed E-state index contributed by atoms with van der Waals surface area (Å²) in [7, 11) is -3.69. The van der Waals surface area contributed by atoms with Crippen LogP contribution < -0.4 is 5.73 Å². The van der Waals surface area contributed by atoms with Gasteiger partial charge in [0.15, 0.2) is 0 Å². The van der Waals surface area contributed by atoms with E-state index in [1.54, 1.807) is 48.8 Å². The number of nitrogens with zero attached hydrogens (tertiary/aromatic N) is 2. The van der Waals surface area contributed by atoms with E-state index in [1.807, 2.05) is 0 Å². The number of halogens is 1. The van der Waals surface area contributed by atoms with E-state index >= 15 is 0 Å². The average molecular weight is 366 g/mol. The van der Waals surface area contributed by atoms with Crippen molar-refractivity contribution in [1.82, 2.24) is 8.96 Å². The van der Waals surface area contributed by atoms with Crippen LogP contribution in [0.2, 0.25) is 0 Å². The third-order valence-electron chi connectivity index (χ3n) is 3.19. The molecule has 3 aromatic rings. The maximum absolute atomic E-state index is 12.9. The molecular formula is C14H12BrN3O2S. The summed E-state index contributed by atoms with van der Waals surface area (Å²) < 4.78 is 27.8. The zero-order chi connectivity index (χ0) is 15.0. The molecule has 0 amide bonds. The van der Waals surface area contributed by atoms with Crippen LogP contribution in [-0.2, 0) is 16.6 Å². The fraction of sp³-hybridized carbons (Fsp3) is 0.0714. The monoisotopic (exact) mass is 365 g/mol. The number of hydrogen-bond donors (Lipinski definition) is 1. The molecule has 0 spiro atoms. The minimum atomic E-state index is -3.69. The molecule has 2 heterocycles. The van der Waals surface area contributed by atoms with Crippen molar-refractivity contribution in [2.24, 2.45) is 5.73 Å². The number of hydrogen-bond acceptors (Lipinski definition) is 4. The van der Waals surface area contributed by atoms with E-state index in [0.717, 1.165) is 9.86 Å². The van der Waals surface area contributed by atoms with Crippen molar-refractivity contribution in [3.63, 3.8) is 0 Å². The number of aromatic nitrogens is 2. The number of rotatable bonds is 3. The van der Waals surface area contributed by atoms with Gasteiger partial charge in [-0.2, -0.15) is 0 Å². The number of pyridine rings is 1. The summed E-state index contributed by atoms with van der Waals surface area (Å²) in [6, 6.07) is 9.94. The molecule has 5 nitrogen and oxygen atoms in total. The summed E-state index contributed by atoms with van der Waals surface area (Å²) in [6.07, 6.45) is 3.19. The molecule has 0 unspecified atom stereocenters. The second-order valence-electron chi connectivity index (χ2n) is 4.50. The zero-order valence-corrected chi connectivity index (χ0v) is 13.3. The number of fused-ring (bicyclic) bond motifs is 1. The van der Waals surface area contributed by atoms with Crippen LogP contribution in [0.15, 0.2) is 58.2 Å². The molecule has 0 saturated heterocycles. The summed E-state index contributed by atoms with van der Waals surface area (Å²) in [4.78, 5) is 4.23. The summed E-state index contributed by atoms with van der Waals surface area (Å²) >= 11 is 3.30. The largest absolute Gasteiger partial charge is 0.325 e. The Labute approximate surface area is 130 Å². The van der Waals surface area contributed by atoms with Crippen LogP contribution in [0.3, 0.4) is 0 Å². The van der Waals surface area contributed by atoms with Gasteiger partial charge in [0.25, 0.3) is 10.0 Å². The van der Waals surface area contributed by atoms with E-state index in [9.17, 15) is 8.42 Å². The fourth-order valence-corrected chi connectivity index (χ4v) is 4.04. The van der Waals surface area contributed by atoms with Gasteiger partial charge >= 0.3 is 0 Å². The Kier molecular flexibility index (Phi) is 3.56. The smallest absolute Gasteiger partial charge is 0.268 e. The lowest BCUT2D eigenvalue weighted by Crippen LogP contribution is -2.17. The Morgan fingerprint density at radius 2 is 1.90 bits per heavy atom. The van der Waals surface area contributed by atoms with Crippen molar-refractivity contribution in [2.45, 2.75) is 11.4 Å².